The van der Waals surface area contributed by atoms with Crippen molar-refractivity contribution in [3.05, 3.63) is 46.0 Å². The Kier molecular flexibility index (Phi) is 6.28. The number of carbonyl (C=O) groups is 2. The first-order chi connectivity index (χ1) is 10.6. The summed E-state index contributed by atoms with van der Waals surface area (Å²) in [7, 11) is 0. The first-order valence-electron chi connectivity index (χ1n) is 7.23. The monoisotopic (exact) mass is 340 g/mol. The summed E-state index contributed by atoms with van der Waals surface area (Å²) in [5.41, 5.74) is 0.441. The van der Waals surface area contributed by atoms with Crippen molar-refractivity contribution in [2.45, 2.75) is 19.3 Å². The lowest BCUT2D eigenvalue weighted by Crippen LogP contribution is -2.35. The Bertz CT molecular complexity index is 588. The SMILES string of the molecule is O=C(C[C@@H]1C=CCC1)NCCNC(=O)c1ccc(Cl)c(Cl)c1. The van der Waals surface area contributed by atoms with Crippen LogP contribution in [0.3, 0.4) is 0 Å². The standard InChI is InChI=1S/C16H18Cl2N2O2/c17-13-6-5-12(10-14(13)18)16(22)20-8-7-19-15(21)9-11-3-1-2-4-11/h1,3,5-6,10-11H,2,4,7-9H2,(H,19,21)(H,20,22)/t11-/m1/s1. The van der Waals surface area contributed by atoms with Crippen LogP contribution in [0.2, 0.25) is 10.0 Å². The van der Waals surface area contributed by atoms with Crippen LogP contribution in [0.1, 0.15) is 29.6 Å². The molecule has 1 aliphatic carbocycles. The molecule has 118 valence electrons. The summed E-state index contributed by atoms with van der Waals surface area (Å²) in [4.78, 5) is 23.6. The van der Waals surface area contributed by atoms with Crippen LogP contribution in [-0.2, 0) is 4.79 Å². The van der Waals surface area contributed by atoms with E-state index in [1.165, 1.54) is 6.07 Å². The molecule has 1 aliphatic rings. The zero-order valence-electron chi connectivity index (χ0n) is 12.1. The number of benzene rings is 1. The van der Waals surface area contributed by atoms with E-state index in [0.717, 1.165) is 12.8 Å². The average Bonchev–Trinajstić information content (AvgIpc) is 2.99. The summed E-state index contributed by atoms with van der Waals surface area (Å²) in [6, 6.07) is 4.70. The van der Waals surface area contributed by atoms with Gasteiger partial charge in [-0.1, -0.05) is 35.4 Å². The number of allylic oxidation sites excluding steroid dienone is 2. The number of halogens is 2. The lowest BCUT2D eigenvalue weighted by molar-refractivity contribution is -0.121. The van der Waals surface area contributed by atoms with Crippen LogP contribution in [0.5, 0.6) is 0 Å². The van der Waals surface area contributed by atoms with Gasteiger partial charge in [-0.15, -0.1) is 0 Å². The summed E-state index contributed by atoms with van der Waals surface area (Å²) >= 11 is 11.7. The van der Waals surface area contributed by atoms with Gasteiger partial charge in [0.15, 0.2) is 0 Å². The van der Waals surface area contributed by atoms with Gasteiger partial charge in [0, 0.05) is 25.1 Å². The molecule has 0 radical (unpaired) electrons. The van der Waals surface area contributed by atoms with E-state index in [1.54, 1.807) is 12.1 Å². The molecule has 0 aliphatic heterocycles. The van der Waals surface area contributed by atoms with Gasteiger partial charge < -0.3 is 10.6 Å². The van der Waals surface area contributed by atoms with Crippen molar-refractivity contribution < 1.29 is 9.59 Å². The summed E-state index contributed by atoms with van der Waals surface area (Å²) in [5, 5.41) is 6.28. The fourth-order valence-corrected chi connectivity index (χ4v) is 2.59. The van der Waals surface area contributed by atoms with Gasteiger partial charge >= 0.3 is 0 Å². The maximum absolute atomic E-state index is 11.9. The molecule has 2 rings (SSSR count). The molecule has 0 saturated carbocycles. The Morgan fingerprint density at radius 2 is 1.91 bits per heavy atom. The van der Waals surface area contributed by atoms with Crippen molar-refractivity contribution in [3.8, 4) is 0 Å². The number of hydrogen-bond acceptors (Lipinski definition) is 2. The predicted octanol–water partition coefficient (Wildman–Crippen LogP) is 3.20. The molecule has 0 spiro atoms. The van der Waals surface area contributed by atoms with Gasteiger partial charge in [-0.25, -0.2) is 0 Å². The van der Waals surface area contributed by atoms with E-state index in [-0.39, 0.29) is 11.8 Å². The molecule has 4 nitrogen and oxygen atoms in total. The number of carbonyl (C=O) groups excluding carboxylic acids is 2. The Morgan fingerprint density at radius 3 is 2.59 bits per heavy atom. The number of hydrogen-bond donors (Lipinski definition) is 2. The average molecular weight is 341 g/mol. The summed E-state index contributed by atoms with van der Waals surface area (Å²) in [6.07, 6.45) is 6.80. The first kappa shape index (κ1) is 16.8. The lowest BCUT2D eigenvalue weighted by atomic mass is 10.1. The number of amides is 2. The third-order valence-corrected chi connectivity index (χ3v) is 4.21. The smallest absolute Gasteiger partial charge is 0.251 e. The van der Waals surface area contributed by atoms with E-state index >= 15 is 0 Å². The minimum atomic E-state index is -0.244. The molecule has 1 atom stereocenters. The second-order valence-corrected chi connectivity index (χ2v) is 6.02. The van der Waals surface area contributed by atoms with Crippen LogP contribution in [0.25, 0.3) is 0 Å². The highest BCUT2D eigenvalue weighted by Gasteiger charge is 2.13. The Labute approximate surface area is 139 Å². The van der Waals surface area contributed by atoms with Gasteiger partial charge in [0.2, 0.25) is 5.91 Å². The zero-order valence-corrected chi connectivity index (χ0v) is 13.6. The molecular formula is C16H18Cl2N2O2. The first-order valence-corrected chi connectivity index (χ1v) is 7.98. The molecule has 1 aromatic rings. The molecule has 2 N–H and O–H groups in total. The number of rotatable bonds is 6. The van der Waals surface area contributed by atoms with Crippen LogP contribution in [-0.4, -0.2) is 24.9 Å². The third-order valence-electron chi connectivity index (χ3n) is 3.47. The highest BCUT2D eigenvalue weighted by molar-refractivity contribution is 6.42. The van der Waals surface area contributed by atoms with Crippen LogP contribution in [0, 0.1) is 5.92 Å². The van der Waals surface area contributed by atoms with Gasteiger partial charge in [-0.2, -0.15) is 0 Å². The van der Waals surface area contributed by atoms with Crippen molar-refractivity contribution in [1.82, 2.24) is 10.6 Å². The van der Waals surface area contributed by atoms with E-state index in [4.69, 9.17) is 23.2 Å². The quantitative estimate of drug-likeness (QED) is 0.617. The Balaban J connectivity index is 1.67. The molecule has 0 fully saturated rings. The second-order valence-electron chi connectivity index (χ2n) is 5.20. The predicted molar refractivity (Wildman–Crippen MR) is 88.3 cm³/mol. The van der Waals surface area contributed by atoms with Crippen molar-refractivity contribution in [2.24, 2.45) is 5.92 Å². The molecule has 0 heterocycles. The Morgan fingerprint density at radius 1 is 1.14 bits per heavy atom. The molecule has 0 saturated heterocycles. The molecule has 6 heteroatoms. The third kappa shape index (κ3) is 5.04. The molecule has 0 unspecified atom stereocenters. The lowest BCUT2D eigenvalue weighted by Gasteiger charge is -2.10. The fraction of sp³-hybridized carbons (Fsp3) is 0.375. The van der Waals surface area contributed by atoms with Crippen molar-refractivity contribution in [1.29, 1.82) is 0 Å². The van der Waals surface area contributed by atoms with E-state index in [2.05, 4.69) is 22.8 Å². The van der Waals surface area contributed by atoms with E-state index in [0.29, 0.717) is 41.0 Å². The normalized spacial score (nSPS) is 16.5. The topological polar surface area (TPSA) is 58.2 Å². The molecule has 0 bridgehead atoms. The molecule has 22 heavy (non-hydrogen) atoms. The van der Waals surface area contributed by atoms with Gasteiger partial charge in [0.25, 0.3) is 5.91 Å². The molecule has 0 aromatic heterocycles. The summed E-state index contributed by atoms with van der Waals surface area (Å²) in [5.74, 6) is 0.123. The van der Waals surface area contributed by atoms with Crippen LogP contribution < -0.4 is 10.6 Å². The maximum Gasteiger partial charge on any atom is 0.251 e. The van der Waals surface area contributed by atoms with Crippen molar-refractivity contribution in [3.63, 3.8) is 0 Å². The van der Waals surface area contributed by atoms with Crippen LogP contribution >= 0.6 is 23.2 Å². The summed E-state index contributed by atoms with van der Waals surface area (Å²) in [6.45, 7) is 0.771. The van der Waals surface area contributed by atoms with Crippen LogP contribution in [0.15, 0.2) is 30.4 Å². The Hall–Kier alpha value is -1.52. The van der Waals surface area contributed by atoms with E-state index in [9.17, 15) is 9.59 Å². The van der Waals surface area contributed by atoms with E-state index < -0.39 is 0 Å². The van der Waals surface area contributed by atoms with E-state index in [1.807, 2.05) is 0 Å². The minimum Gasteiger partial charge on any atom is -0.354 e. The van der Waals surface area contributed by atoms with Gasteiger partial charge in [-0.3, -0.25) is 9.59 Å². The van der Waals surface area contributed by atoms with Gasteiger partial charge in [0.05, 0.1) is 10.0 Å². The van der Waals surface area contributed by atoms with Gasteiger partial charge in [-0.05, 0) is 37.0 Å². The highest BCUT2D eigenvalue weighted by Crippen LogP contribution is 2.22. The zero-order chi connectivity index (χ0) is 15.9. The largest absolute Gasteiger partial charge is 0.354 e. The summed E-state index contributed by atoms with van der Waals surface area (Å²) < 4.78 is 0. The maximum atomic E-state index is 11.9. The second kappa shape index (κ2) is 8.20. The highest BCUT2D eigenvalue weighted by atomic mass is 35.5. The number of nitrogens with one attached hydrogen (secondary N) is 2. The minimum absolute atomic E-state index is 0.0142. The molecule has 2 amide bonds. The van der Waals surface area contributed by atoms with Crippen molar-refractivity contribution >= 4 is 35.0 Å². The fourth-order valence-electron chi connectivity index (χ4n) is 2.29. The van der Waals surface area contributed by atoms with Crippen LogP contribution in [0.4, 0.5) is 0 Å². The van der Waals surface area contributed by atoms with Crippen molar-refractivity contribution in [2.75, 3.05) is 13.1 Å². The van der Waals surface area contributed by atoms with Gasteiger partial charge in [0.1, 0.15) is 0 Å². The molecular weight excluding hydrogens is 323 g/mol. The molecule has 1 aromatic carbocycles.